The van der Waals surface area contributed by atoms with E-state index in [0.717, 1.165) is 5.56 Å². The lowest BCUT2D eigenvalue weighted by atomic mass is 10.2. The Morgan fingerprint density at radius 2 is 1.64 bits per heavy atom. The highest BCUT2D eigenvalue weighted by molar-refractivity contribution is 6.40. The summed E-state index contributed by atoms with van der Waals surface area (Å²) in [5.41, 5.74) is 4.11. The number of halogens is 1. The summed E-state index contributed by atoms with van der Waals surface area (Å²) in [7, 11) is 2.97. The number of benzene rings is 3. The van der Waals surface area contributed by atoms with Gasteiger partial charge in [0.2, 0.25) is 0 Å². The van der Waals surface area contributed by atoms with Crippen molar-refractivity contribution in [3.05, 3.63) is 82.9 Å². The van der Waals surface area contributed by atoms with Gasteiger partial charge < -0.3 is 19.5 Å². The maximum absolute atomic E-state index is 12.1. The lowest BCUT2D eigenvalue weighted by Gasteiger charge is -2.11. The third-order valence-corrected chi connectivity index (χ3v) is 4.66. The molecular formula is C24H22ClN3O5. The number of amides is 2. The van der Waals surface area contributed by atoms with Crippen LogP contribution in [0.5, 0.6) is 17.2 Å². The average molecular weight is 468 g/mol. The molecule has 0 aromatic heterocycles. The largest absolute Gasteiger partial charge is 0.495 e. The van der Waals surface area contributed by atoms with Gasteiger partial charge in [-0.2, -0.15) is 5.10 Å². The topological polar surface area (TPSA) is 98.2 Å². The molecule has 3 aromatic carbocycles. The average Bonchev–Trinajstić information content (AvgIpc) is 2.83. The van der Waals surface area contributed by atoms with Crippen LogP contribution < -0.4 is 25.0 Å². The molecule has 33 heavy (non-hydrogen) atoms. The lowest BCUT2D eigenvalue weighted by Crippen LogP contribution is -2.32. The second kappa shape index (κ2) is 11.5. The molecule has 0 unspecified atom stereocenters. The zero-order valence-electron chi connectivity index (χ0n) is 18.0. The molecule has 0 aliphatic carbocycles. The molecule has 0 radical (unpaired) electrons. The van der Waals surface area contributed by atoms with Crippen LogP contribution in [-0.4, -0.2) is 32.2 Å². The summed E-state index contributed by atoms with van der Waals surface area (Å²) in [5.74, 6) is -0.437. The van der Waals surface area contributed by atoms with Crippen molar-refractivity contribution in [3.63, 3.8) is 0 Å². The Labute approximate surface area is 196 Å². The number of rotatable bonds is 8. The second-order valence-electron chi connectivity index (χ2n) is 6.68. The fraction of sp³-hybridized carbons (Fsp3) is 0.125. The molecule has 0 heterocycles. The van der Waals surface area contributed by atoms with E-state index in [-0.39, 0.29) is 5.69 Å². The minimum absolute atomic E-state index is 0.268. The number of ether oxygens (including phenoxy) is 3. The fourth-order valence-corrected chi connectivity index (χ4v) is 2.96. The SMILES string of the molecule is COc1ccc(Cl)cc1NC(=O)C(=O)N/N=C\c1ccc(OCc2ccccc2)c(OC)c1. The molecule has 9 heteroatoms. The first kappa shape index (κ1) is 23.6. The van der Waals surface area contributed by atoms with Crippen LogP contribution in [0.2, 0.25) is 5.02 Å². The Kier molecular flexibility index (Phi) is 8.26. The van der Waals surface area contributed by atoms with Crippen LogP contribution in [0.25, 0.3) is 0 Å². The molecule has 8 nitrogen and oxygen atoms in total. The maximum atomic E-state index is 12.1. The zero-order valence-corrected chi connectivity index (χ0v) is 18.8. The lowest BCUT2D eigenvalue weighted by molar-refractivity contribution is -0.136. The highest BCUT2D eigenvalue weighted by atomic mass is 35.5. The summed E-state index contributed by atoms with van der Waals surface area (Å²) in [4.78, 5) is 24.2. The molecule has 0 aliphatic heterocycles. The van der Waals surface area contributed by atoms with Crippen molar-refractivity contribution < 1.29 is 23.8 Å². The van der Waals surface area contributed by atoms with Gasteiger partial charge in [-0.3, -0.25) is 9.59 Å². The van der Waals surface area contributed by atoms with Crippen molar-refractivity contribution in [2.75, 3.05) is 19.5 Å². The normalized spacial score (nSPS) is 10.5. The molecule has 0 saturated carbocycles. The van der Waals surface area contributed by atoms with E-state index in [1.165, 1.54) is 26.5 Å². The van der Waals surface area contributed by atoms with Crippen LogP contribution in [-0.2, 0) is 16.2 Å². The molecule has 0 aliphatic rings. The Morgan fingerprint density at radius 1 is 0.909 bits per heavy atom. The van der Waals surface area contributed by atoms with Crippen LogP contribution in [0.1, 0.15) is 11.1 Å². The number of methoxy groups -OCH3 is 2. The monoisotopic (exact) mass is 467 g/mol. The molecule has 0 atom stereocenters. The number of hydrogen-bond acceptors (Lipinski definition) is 6. The van der Waals surface area contributed by atoms with Gasteiger partial charge in [-0.25, -0.2) is 5.43 Å². The van der Waals surface area contributed by atoms with Gasteiger partial charge in [-0.05, 0) is 47.5 Å². The van der Waals surface area contributed by atoms with E-state index in [1.54, 1.807) is 30.3 Å². The van der Waals surface area contributed by atoms with E-state index in [9.17, 15) is 9.59 Å². The number of carbonyl (C=O) groups excluding carboxylic acids is 2. The summed E-state index contributed by atoms with van der Waals surface area (Å²) < 4.78 is 16.3. The van der Waals surface area contributed by atoms with Crippen molar-refractivity contribution in [2.45, 2.75) is 6.61 Å². The fourth-order valence-electron chi connectivity index (χ4n) is 2.79. The molecule has 0 saturated heterocycles. The molecule has 2 N–H and O–H groups in total. The van der Waals surface area contributed by atoms with Crippen LogP contribution >= 0.6 is 11.6 Å². The third kappa shape index (κ3) is 6.72. The maximum Gasteiger partial charge on any atom is 0.329 e. The van der Waals surface area contributed by atoms with Crippen molar-refractivity contribution >= 4 is 35.3 Å². The van der Waals surface area contributed by atoms with Gasteiger partial charge in [0.1, 0.15) is 12.4 Å². The number of nitrogens with zero attached hydrogens (tertiary/aromatic N) is 1. The van der Waals surface area contributed by atoms with E-state index in [2.05, 4.69) is 15.8 Å². The Hall–Kier alpha value is -4.04. The predicted molar refractivity (Wildman–Crippen MR) is 126 cm³/mol. The van der Waals surface area contributed by atoms with E-state index >= 15 is 0 Å². The third-order valence-electron chi connectivity index (χ3n) is 4.42. The first-order valence-electron chi connectivity index (χ1n) is 9.83. The Balaban J connectivity index is 1.58. The number of hydrazone groups is 1. The standard InChI is InChI=1S/C24H22ClN3O5/c1-31-20-11-9-18(25)13-19(20)27-23(29)24(30)28-26-14-17-8-10-21(22(12-17)32-2)33-15-16-6-4-3-5-7-16/h3-14H,15H2,1-2H3,(H,27,29)(H,28,30)/b26-14-. The second-order valence-corrected chi connectivity index (χ2v) is 7.12. The first-order chi connectivity index (χ1) is 16.0. The Bertz CT molecular complexity index is 1150. The Morgan fingerprint density at radius 3 is 2.36 bits per heavy atom. The highest BCUT2D eigenvalue weighted by Crippen LogP contribution is 2.29. The quantitative estimate of drug-likeness (QED) is 0.296. The van der Waals surface area contributed by atoms with Crippen molar-refractivity contribution in [2.24, 2.45) is 5.10 Å². The van der Waals surface area contributed by atoms with E-state index < -0.39 is 11.8 Å². The van der Waals surface area contributed by atoms with E-state index in [4.69, 9.17) is 25.8 Å². The molecule has 0 spiro atoms. The zero-order chi connectivity index (χ0) is 23.6. The highest BCUT2D eigenvalue weighted by Gasteiger charge is 2.15. The van der Waals surface area contributed by atoms with Gasteiger partial charge in [0.05, 0.1) is 26.1 Å². The van der Waals surface area contributed by atoms with Crippen LogP contribution in [0.3, 0.4) is 0 Å². The van der Waals surface area contributed by atoms with Gasteiger partial charge in [0.15, 0.2) is 11.5 Å². The number of hydrogen-bond donors (Lipinski definition) is 2. The van der Waals surface area contributed by atoms with Gasteiger partial charge in [-0.15, -0.1) is 0 Å². The van der Waals surface area contributed by atoms with Crippen molar-refractivity contribution in [3.8, 4) is 17.2 Å². The minimum atomic E-state index is -0.956. The summed E-state index contributed by atoms with van der Waals surface area (Å²) in [6.07, 6.45) is 1.38. The smallest absolute Gasteiger partial charge is 0.329 e. The minimum Gasteiger partial charge on any atom is -0.495 e. The van der Waals surface area contributed by atoms with Crippen molar-refractivity contribution in [1.29, 1.82) is 0 Å². The van der Waals surface area contributed by atoms with E-state index in [1.807, 2.05) is 30.3 Å². The molecule has 0 bridgehead atoms. The number of carbonyl (C=O) groups is 2. The predicted octanol–water partition coefficient (Wildman–Crippen LogP) is 4.03. The molecular weight excluding hydrogens is 446 g/mol. The van der Waals surface area contributed by atoms with Crippen LogP contribution in [0.4, 0.5) is 5.69 Å². The van der Waals surface area contributed by atoms with Crippen LogP contribution in [0.15, 0.2) is 71.8 Å². The summed E-state index contributed by atoms with van der Waals surface area (Å²) in [6, 6.07) is 19.6. The molecule has 3 rings (SSSR count). The van der Waals surface area contributed by atoms with Crippen molar-refractivity contribution in [1.82, 2.24) is 5.43 Å². The molecule has 170 valence electrons. The van der Waals surface area contributed by atoms with Gasteiger partial charge in [-0.1, -0.05) is 41.9 Å². The number of nitrogens with one attached hydrogen (secondary N) is 2. The molecule has 3 aromatic rings. The van der Waals surface area contributed by atoms with E-state index in [0.29, 0.717) is 34.4 Å². The molecule has 0 fully saturated rings. The first-order valence-corrected chi connectivity index (χ1v) is 10.2. The van der Waals surface area contributed by atoms with Gasteiger partial charge in [0.25, 0.3) is 0 Å². The summed E-state index contributed by atoms with van der Waals surface area (Å²) in [5, 5.41) is 6.64. The van der Waals surface area contributed by atoms with Gasteiger partial charge in [0, 0.05) is 5.02 Å². The summed E-state index contributed by atoms with van der Waals surface area (Å²) in [6.45, 7) is 0.396. The number of anilines is 1. The van der Waals surface area contributed by atoms with Crippen LogP contribution in [0, 0.1) is 0 Å². The van der Waals surface area contributed by atoms with Gasteiger partial charge >= 0.3 is 11.8 Å². The summed E-state index contributed by atoms with van der Waals surface area (Å²) >= 11 is 5.92. The molecule has 2 amide bonds.